The Kier molecular flexibility index (Phi) is 1.99. The third kappa shape index (κ3) is 3.54. The summed E-state index contributed by atoms with van der Waals surface area (Å²) >= 11 is 0. The Morgan fingerprint density at radius 1 is 0.300 bits per heavy atom. The first-order valence-corrected chi connectivity index (χ1v) is 11.8. The van der Waals surface area contributed by atoms with Crippen molar-refractivity contribution in [2.45, 2.75) is 0 Å². The van der Waals surface area contributed by atoms with E-state index in [-0.39, 0.29) is 0 Å². The van der Waals surface area contributed by atoms with Crippen LogP contribution in [-0.4, -0.2) is 0 Å². The van der Waals surface area contributed by atoms with E-state index >= 15 is 0 Å². The minimum atomic E-state index is -1.03. The van der Waals surface area contributed by atoms with Gasteiger partial charge in [-0.2, -0.15) is 0 Å². The van der Waals surface area contributed by atoms with E-state index in [1.165, 1.54) is 0 Å². The summed E-state index contributed by atoms with van der Waals surface area (Å²) in [5, 5.41) is -5.62. The number of fused-ring (bicyclic) bond motifs is 4. The molecular formula is C40H26. The van der Waals surface area contributed by atoms with Crippen molar-refractivity contribution in [3.05, 3.63) is 157 Å². The molecule has 0 nitrogen and oxygen atoms in total. The van der Waals surface area contributed by atoms with E-state index in [4.69, 9.17) is 24.7 Å². The molecule has 0 bridgehead atoms. The van der Waals surface area contributed by atoms with Gasteiger partial charge in [0.1, 0.15) is 0 Å². The highest BCUT2D eigenvalue weighted by Gasteiger charge is 2.18. The second kappa shape index (κ2) is 9.22. The molecule has 0 aliphatic heterocycles. The number of hydrogen-bond donors (Lipinski definition) is 0. The topological polar surface area (TPSA) is 0 Å². The van der Waals surface area contributed by atoms with Gasteiger partial charge in [0.2, 0.25) is 0 Å². The van der Waals surface area contributed by atoms with Gasteiger partial charge in [-0.1, -0.05) is 151 Å². The van der Waals surface area contributed by atoms with Crippen molar-refractivity contribution in [1.82, 2.24) is 0 Å². The SMILES string of the molecule is [2H]c1c([2H])c([2H])c(-c2c([2H])c([2H])c([2H])c3c([2H])c([2H])c(-c4c5c([2H])c([2H])c([2H])c([2H])c5c(-c5c([2H])c([2H])c([2H])c6c([2H])c([2H])c([2H])c([2H])c56)c5c([2H])c([2H])c([2H])c([2H])c45)c([2H])c23)c([2H])c1[2H]. The van der Waals surface area contributed by atoms with Gasteiger partial charge in [0.05, 0.1) is 35.6 Å². The Labute approximate surface area is 270 Å². The predicted octanol–water partition coefficient (Wildman–Crippen LogP) is 11.3. The Hall–Kier alpha value is -5.20. The van der Waals surface area contributed by atoms with E-state index in [0.29, 0.717) is 0 Å². The fourth-order valence-electron chi connectivity index (χ4n) is 4.72. The lowest BCUT2D eigenvalue weighted by Gasteiger charge is -2.19. The van der Waals surface area contributed by atoms with Gasteiger partial charge in [-0.3, -0.25) is 0 Å². The molecule has 0 heterocycles. The monoisotopic (exact) mass is 532 g/mol. The molecular weight excluding hydrogens is 480 g/mol. The summed E-state index contributed by atoms with van der Waals surface area (Å²) in [5.41, 5.74) is -4.51. The number of hydrogen-bond acceptors (Lipinski definition) is 0. The van der Waals surface area contributed by atoms with E-state index in [1.54, 1.807) is 0 Å². The molecule has 0 spiro atoms. The van der Waals surface area contributed by atoms with Crippen LogP contribution in [0.5, 0.6) is 0 Å². The molecule has 0 amide bonds. The molecule has 0 atom stereocenters. The summed E-state index contributed by atoms with van der Waals surface area (Å²) in [6.07, 6.45) is 0. The molecule has 40 heavy (non-hydrogen) atoms. The van der Waals surface area contributed by atoms with E-state index in [0.717, 1.165) is 0 Å². The molecule has 186 valence electrons. The standard InChI is InChI=1S/C40H26/c1-2-12-27(13-3-1)32-22-10-16-29-24-25-30(26-38(29)32)39-34-18-6-8-20-36(34)40(37-21-9-7-19-35(37)39)33-23-11-15-28-14-4-5-17-31(28)33/h1-26H/i1D,2D,3D,4D,5D,6D,7D,8D,9D,10D,11D,12D,13D,14D,15D,16D,17D,18D,19D,20D,21D,22D,23D,24D,25D,26D. The smallest absolute Gasteiger partial charge is 0.0622 e. The van der Waals surface area contributed by atoms with Crippen molar-refractivity contribution < 1.29 is 35.6 Å². The average molecular weight is 533 g/mol. The molecule has 0 heteroatoms. The first-order chi connectivity index (χ1) is 30.7. The van der Waals surface area contributed by atoms with Gasteiger partial charge in [0, 0.05) is 0 Å². The molecule has 0 aromatic heterocycles. The third-order valence-corrected chi connectivity index (χ3v) is 6.38. The third-order valence-electron chi connectivity index (χ3n) is 6.38. The van der Waals surface area contributed by atoms with E-state index in [1.807, 2.05) is 0 Å². The van der Waals surface area contributed by atoms with Crippen LogP contribution in [0.2, 0.25) is 0 Å². The highest BCUT2D eigenvalue weighted by atomic mass is 14.2. The Morgan fingerprint density at radius 3 is 1.48 bits per heavy atom. The quantitative estimate of drug-likeness (QED) is 0.198. The minimum absolute atomic E-state index is 0.620. The maximum Gasteiger partial charge on any atom is 0.0636 e. The lowest BCUT2D eigenvalue weighted by atomic mass is 9.84. The molecule has 8 rings (SSSR count). The van der Waals surface area contributed by atoms with Crippen LogP contribution >= 0.6 is 0 Å². The highest BCUT2D eigenvalue weighted by molar-refractivity contribution is 6.23. The average Bonchev–Trinajstić information content (AvgIpc) is 3.28. The molecule has 0 unspecified atom stereocenters. The van der Waals surface area contributed by atoms with Gasteiger partial charge in [-0.25, -0.2) is 0 Å². The van der Waals surface area contributed by atoms with Gasteiger partial charge in [-0.15, -0.1) is 0 Å². The summed E-state index contributed by atoms with van der Waals surface area (Å²) in [6.45, 7) is 0. The van der Waals surface area contributed by atoms with Crippen molar-refractivity contribution in [3.63, 3.8) is 0 Å². The molecule has 0 aliphatic carbocycles. The van der Waals surface area contributed by atoms with Crippen molar-refractivity contribution in [3.8, 4) is 33.4 Å². The van der Waals surface area contributed by atoms with Gasteiger partial charge in [-0.05, 0) is 82.5 Å². The van der Waals surface area contributed by atoms with E-state index in [9.17, 15) is 11.0 Å². The fraction of sp³-hybridized carbons (Fsp3) is 0. The van der Waals surface area contributed by atoms with Crippen molar-refractivity contribution >= 4 is 43.1 Å². The zero-order valence-corrected chi connectivity index (χ0v) is 20.0. The molecule has 0 fully saturated rings. The van der Waals surface area contributed by atoms with E-state index in [2.05, 4.69) is 0 Å². The maximum atomic E-state index is 9.83. The van der Waals surface area contributed by atoms with Crippen LogP contribution in [0.1, 0.15) is 35.6 Å². The second-order valence-corrected chi connectivity index (χ2v) is 8.50. The first-order valence-electron chi connectivity index (χ1n) is 24.8. The zero-order chi connectivity index (χ0) is 49.1. The van der Waals surface area contributed by atoms with Crippen molar-refractivity contribution in [2.75, 3.05) is 0 Å². The lowest BCUT2D eigenvalue weighted by Crippen LogP contribution is -1.92. The lowest BCUT2D eigenvalue weighted by molar-refractivity contribution is 1.64. The number of rotatable bonds is 3. The molecule has 0 aliphatic rings. The van der Waals surface area contributed by atoms with Crippen LogP contribution in [-0.2, 0) is 0 Å². The van der Waals surface area contributed by atoms with Crippen molar-refractivity contribution in [2.24, 2.45) is 0 Å². The first kappa shape index (κ1) is 8.65. The summed E-state index contributed by atoms with van der Waals surface area (Å²) in [6, 6.07) is -24.5. The summed E-state index contributed by atoms with van der Waals surface area (Å²) in [7, 11) is 0. The van der Waals surface area contributed by atoms with Crippen LogP contribution in [0.25, 0.3) is 76.5 Å². The molecule has 0 N–H and O–H groups in total. The van der Waals surface area contributed by atoms with Crippen LogP contribution in [0.4, 0.5) is 0 Å². The van der Waals surface area contributed by atoms with Crippen LogP contribution < -0.4 is 0 Å². The molecule has 0 saturated heterocycles. The highest BCUT2D eigenvalue weighted by Crippen LogP contribution is 2.46. The molecule has 8 aromatic rings. The van der Waals surface area contributed by atoms with Crippen LogP contribution in [0.3, 0.4) is 0 Å². The fourth-order valence-corrected chi connectivity index (χ4v) is 4.72. The Bertz CT molecular complexity index is 3530. The second-order valence-electron chi connectivity index (χ2n) is 8.50. The zero-order valence-electron chi connectivity index (χ0n) is 46.0. The summed E-state index contributed by atoms with van der Waals surface area (Å²) in [4.78, 5) is 0. The Balaban J connectivity index is 1.79. The molecule has 0 radical (unpaired) electrons. The van der Waals surface area contributed by atoms with Gasteiger partial charge >= 0.3 is 0 Å². The largest absolute Gasteiger partial charge is 0.0636 e. The van der Waals surface area contributed by atoms with Crippen molar-refractivity contribution in [1.29, 1.82) is 0 Å². The Morgan fingerprint density at radius 2 is 0.800 bits per heavy atom. The molecule has 8 aromatic carbocycles. The maximum absolute atomic E-state index is 9.83. The van der Waals surface area contributed by atoms with Gasteiger partial charge in [0.25, 0.3) is 0 Å². The minimum Gasteiger partial charge on any atom is -0.0622 e. The van der Waals surface area contributed by atoms with Gasteiger partial charge < -0.3 is 0 Å². The van der Waals surface area contributed by atoms with E-state index < -0.39 is 234 Å². The van der Waals surface area contributed by atoms with Gasteiger partial charge in [0.15, 0.2) is 0 Å². The predicted molar refractivity (Wildman–Crippen MR) is 173 cm³/mol. The number of benzene rings is 8. The van der Waals surface area contributed by atoms with Crippen LogP contribution in [0, 0.1) is 0 Å². The summed E-state index contributed by atoms with van der Waals surface area (Å²) < 4.78 is 231. The molecule has 0 saturated carbocycles. The van der Waals surface area contributed by atoms with Crippen LogP contribution in [0.15, 0.2) is 157 Å². The summed E-state index contributed by atoms with van der Waals surface area (Å²) in [5.74, 6) is 0. The normalized spacial score (nSPS) is 20.6.